The summed E-state index contributed by atoms with van der Waals surface area (Å²) >= 11 is 0. The quantitative estimate of drug-likeness (QED) is 0.125. The Bertz CT molecular complexity index is 1530. The predicted molar refractivity (Wildman–Crippen MR) is 153 cm³/mol. The molecule has 1 heterocycles. The van der Waals surface area contributed by atoms with Crippen LogP contribution in [0.25, 0.3) is 10.9 Å². The number of nitrogens with one attached hydrogen (secondary N) is 4. The zero-order valence-corrected chi connectivity index (χ0v) is 22.1. The molecule has 41 heavy (non-hydrogen) atoms. The molecular formula is C31H30N5O5. The number of fused-ring (bicyclic) bond motifs is 1. The molecule has 10 nitrogen and oxygen atoms in total. The Labute approximate surface area is 236 Å². The number of hydrogen-bond donors (Lipinski definition) is 5. The number of carbonyl (C=O) groups is 5. The number of H-pyrrole nitrogens is 1. The molecule has 4 aromatic rings. The van der Waals surface area contributed by atoms with Gasteiger partial charge in [-0.05, 0) is 22.8 Å². The maximum absolute atomic E-state index is 13.6. The maximum Gasteiger partial charge on any atom is 0.289 e. The van der Waals surface area contributed by atoms with Gasteiger partial charge in [0.2, 0.25) is 23.5 Å². The number of hydrogen-bond acceptors (Lipinski definition) is 5. The zero-order valence-electron chi connectivity index (χ0n) is 22.1. The summed E-state index contributed by atoms with van der Waals surface area (Å²) in [6, 6.07) is 23.1. The first-order chi connectivity index (χ1) is 19.8. The second kappa shape index (κ2) is 13.7. The van der Waals surface area contributed by atoms with Gasteiger partial charge in [0.05, 0.1) is 0 Å². The van der Waals surface area contributed by atoms with Crippen LogP contribution in [0.15, 0.2) is 91.1 Å². The number of primary amides is 1. The summed E-state index contributed by atoms with van der Waals surface area (Å²) in [7, 11) is 0. The fourth-order valence-electron chi connectivity index (χ4n) is 4.43. The molecule has 10 heteroatoms. The lowest BCUT2D eigenvalue weighted by Gasteiger charge is -2.23. The normalized spacial score (nSPS) is 12.2. The third kappa shape index (κ3) is 8.12. The zero-order chi connectivity index (χ0) is 29.2. The van der Waals surface area contributed by atoms with E-state index in [0.29, 0.717) is 6.42 Å². The van der Waals surface area contributed by atoms with Gasteiger partial charge in [0.15, 0.2) is 0 Å². The molecule has 4 amide bonds. The van der Waals surface area contributed by atoms with Gasteiger partial charge >= 0.3 is 0 Å². The molecule has 6 N–H and O–H groups in total. The second-order valence-corrected chi connectivity index (χ2v) is 9.45. The van der Waals surface area contributed by atoms with Crippen molar-refractivity contribution in [3.63, 3.8) is 0 Å². The summed E-state index contributed by atoms with van der Waals surface area (Å²) < 4.78 is 0. The van der Waals surface area contributed by atoms with Gasteiger partial charge in [-0.2, -0.15) is 0 Å². The lowest BCUT2D eigenvalue weighted by atomic mass is 9.99. The number of nitrogens with two attached hydrogens (primary N) is 1. The molecule has 0 bridgehead atoms. The van der Waals surface area contributed by atoms with E-state index in [2.05, 4.69) is 20.9 Å². The average Bonchev–Trinajstić information content (AvgIpc) is 3.38. The molecule has 1 radical (unpaired) electrons. The number of benzene rings is 3. The molecule has 0 aliphatic rings. The first-order valence-corrected chi connectivity index (χ1v) is 13.0. The number of ketones is 1. The van der Waals surface area contributed by atoms with E-state index in [0.717, 1.165) is 27.6 Å². The number of rotatable bonds is 13. The van der Waals surface area contributed by atoms with Crippen LogP contribution in [-0.4, -0.2) is 46.5 Å². The van der Waals surface area contributed by atoms with Crippen molar-refractivity contribution >= 4 is 40.3 Å². The first-order valence-electron chi connectivity index (χ1n) is 13.0. The van der Waals surface area contributed by atoms with Gasteiger partial charge in [0, 0.05) is 36.5 Å². The topological polar surface area (TPSA) is 163 Å². The van der Waals surface area contributed by atoms with Gasteiger partial charge in [0.1, 0.15) is 18.5 Å². The van der Waals surface area contributed by atoms with Gasteiger partial charge < -0.3 is 26.7 Å². The second-order valence-electron chi connectivity index (χ2n) is 9.45. The summed E-state index contributed by atoms with van der Waals surface area (Å²) in [5, 5.41) is 8.61. The minimum Gasteiger partial charge on any atom is -0.369 e. The van der Waals surface area contributed by atoms with Crippen molar-refractivity contribution in [3.8, 4) is 0 Å². The van der Waals surface area contributed by atoms with Crippen molar-refractivity contribution in [2.45, 2.75) is 31.5 Å². The highest BCUT2D eigenvalue weighted by atomic mass is 16.2. The predicted octanol–water partition coefficient (Wildman–Crippen LogP) is 1.50. The van der Waals surface area contributed by atoms with Crippen LogP contribution in [0, 0.1) is 6.42 Å². The average molecular weight is 553 g/mol. The van der Waals surface area contributed by atoms with Crippen molar-refractivity contribution in [2.75, 3.05) is 0 Å². The molecule has 0 saturated carbocycles. The largest absolute Gasteiger partial charge is 0.369 e. The molecule has 0 aliphatic carbocycles. The Hall–Kier alpha value is -5.25. The van der Waals surface area contributed by atoms with Crippen LogP contribution < -0.4 is 21.7 Å². The molecule has 209 valence electrons. The highest BCUT2D eigenvalue weighted by molar-refractivity contribution is 6.38. The van der Waals surface area contributed by atoms with Gasteiger partial charge in [-0.1, -0.05) is 78.9 Å². The maximum atomic E-state index is 13.6. The lowest BCUT2D eigenvalue weighted by Crippen LogP contribution is -2.55. The Morgan fingerprint density at radius 1 is 0.756 bits per heavy atom. The summed E-state index contributed by atoms with van der Waals surface area (Å²) in [6.07, 6.45) is 2.45. The van der Waals surface area contributed by atoms with Crippen LogP contribution in [0.3, 0.4) is 0 Å². The summed E-state index contributed by atoms with van der Waals surface area (Å²) in [5.41, 5.74) is 8.21. The Morgan fingerprint density at radius 2 is 1.39 bits per heavy atom. The molecule has 2 atom stereocenters. The van der Waals surface area contributed by atoms with Gasteiger partial charge in [-0.15, -0.1) is 0 Å². The van der Waals surface area contributed by atoms with Gasteiger partial charge in [0.25, 0.3) is 5.91 Å². The van der Waals surface area contributed by atoms with Gasteiger partial charge in [-0.25, -0.2) is 0 Å². The standard InChI is InChI=1S/C31H30N5O5/c32-27(37)17-28(38)35-26(16-22-19-33-24-14-8-7-13-23(22)24)30(40)36-25(15-20-9-3-1-4-10-20)29(39)31(41)34-18-21-11-5-2-6-12-21/h1-14,17,19,25-26,33H,15-16,18H2,(H2,32,37)(H,34,41)(H,35,38)(H,36,40)/t25-,26-/m0/s1. The third-order valence-electron chi connectivity index (χ3n) is 6.44. The molecule has 4 rings (SSSR count). The van der Waals surface area contributed by atoms with Crippen molar-refractivity contribution in [2.24, 2.45) is 5.73 Å². The van der Waals surface area contributed by atoms with Gasteiger partial charge in [-0.3, -0.25) is 24.0 Å². The lowest BCUT2D eigenvalue weighted by molar-refractivity contribution is -0.140. The van der Waals surface area contributed by atoms with Crippen molar-refractivity contribution < 1.29 is 24.0 Å². The molecule has 0 fully saturated rings. The van der Waals surface area contributed by atoms with E-state index in [1.54, 1.807) is 30.5 Å². The molecule has 0 unspecified atom stereocenters. The Kier molecular flexibility index (Phi) is 9.61. The number of para-hydroxylation sites is 1. The highest BCUT2D eigenvalue weighted by Gasteiger charge is 2.31. The summed E-state index contributed by atoms with van der Waals surface area (Å²) in [6.45, 7) is 0.139. The summed E-state index contributed by atoms with van der Waals surface area (Å²) in [5.74, 6) is -4.22. The van der Waals surface area contributed by atoms with Crippen molar-refractivity contribution in [3.05, 3.63) is 114 Å². The van der Waals surface area contributed by atoms with E-state index in [9.17, 15) is 24.0 Å². The summed E-state index contributed by atoms with van der Waals surface area (Å²) in [4.78, 5) is 66.5. The van der Waals surface area contributed by atoms with Crippen LogP contribution in [0.4, 0.5) is 0 Å². The van der Waals surface area contributed by atoms with Crippen LogP contribution >= 0.6 is 0 Å². The van der Waals surface area contributed by atoms with E-state index in [4.69, 9.17) is 5.73 Å². The molecule has 0 saturated heterocycles. The number of carbonyl (C=O) groups excluding carboxylic acids is 5. The van der Waals surface area contributed by atoms with E-state index >= 15 is 0 Å². The minimum atomic E-state index is -1.22. The van der Waals surface area contributed by atoms with E-state index in [1.165, 1.54) is 0 Å². The Balaban J connectivity index is 1.55. The van der Waals surface area contributed by atoms with E-state index < -0.39 is 41.5 Å². The monoisotopic (exact) mass is 552 g/mol. The fourth-order valence-corrected chi connectivity index (χ4v) is 4.43. The number of Topliss-reactive ketones (excluding diaryl/α,β-unsaturated/α-hetero) is 1. The third-order valence-corrected chi connectivity index (χ3v) is 6.44. The van der Waals surface area contributed by atoms with E-state index in [-0.39, 0.29) is 19.4 Å². The molecule has 1 aromatic heterocycles. The van der Waals surface area contributed by atoms with Crippen LogP contribution in [-0.2, 0) is 43.4 Å². The smallest absolute Gasteiger partial charge is 0.289 e. The SMILES string of the molecule is NC(=O)[CH]C(=O)N[C@@H](Cc1c[nH]c2ccccc12)C(=O)N[C@@H](Cc1ccccc1)C(=O)C(=O)NCc1ccccc1. The number of amides is 4. The first kappa shape index (κ1) is 28.8. The molecule has 3 aromatic carbocycles. The van der Waals surface area contributed by atoms with Crippen LogP contribution in [0.5, 0.6) is 0 Å². The molecule has 0 spiro atoms. The van der Waals surface area contributed by atoms with Crippen molar-refractivity contribution in [1.82, 2.24) is 20.9 Å². The number of aromatic nitrogens is 1. The molecule has 0 aliphatic heterocycles. The van der Waals surface area contributed by atoms with Crippen LogP contribution in [0.1, 0.15) is 16.7 Å². The number of aromatic amines is 1. The van der Waals surface area contributed by atoms with Crippen molar-refractivity contribution in [1.29, 1.82) is 0 Å². The molecular weight excluding hydrogens is 522 g/mol. The van der Waals surface area contributed by atoms with Crippen LogP contribution in [0.2, 0.25) is 0 Å². The fraction of sp³-hybridized carbons (Fsp3) is 0.161. The Morgan fingerprint density at radius 3 is 2.07 bits per heavy atom. The van der Waals surface area contributed by atoms with E-state index in [1.807, 2.05) is 60.7 Å². The minimum absolute atomic E-state index is 0.0423. The highest BCUT2D eigenvalue weighted by Crippen LogP contribution is 2.19.